The van der Waals surface area contributed by atoms with Crippen LogP contribution in [0.2, 0.25) is 0 Å². The van der Waals surface area contributed by atoms with Gasteiger partial charge in [-0.1, -0.05) is 6.07 Å². The van der Waals surface area contributed by atoms with Gasteiger partial charge in [0.2, 0.25) is 11.8 Å². The zero-order valence-corrected chi connectivity index (χ0v) is 14.4. The largest absolute Gasteiger partial charge is 0.292 e. The van der Waals surface area contributed by atoms with Gasteiger partial charge in [-0.3, -0.25) is 19.4 Å². The molecule has 0 saturated carbocycles. The zero-order valence-electron chi connectivity index (χ0n) is 14.4. The number of anilines is 1. The molecule has 2 heterocycles. The molecule has 0 atom stereocenters. The Balaban J connectivity index is 1.64. The van der Waals surface area contributed by atoms with Crippen LogP contribution in [0, 0.1) is 5.82 Å². The Kier molecular flexibility index (Phi) is 4.26. The Morgan fingerprint density at radius 1 is 0.962 bits per heavy atom. The number of aliphatic imine (C=N–C) groups is 1. The van der Waals surface area contributed by atoms with E-state index < -0.39 is 5.82 Å². The molecule has 0 unspecified atom stereocenters. The van der Waals surface area contributed by atoms with Crippen molar-refractivity contribution in [2.45, 2.75) is 44.9 Å². The van der Waals surface area contributed by atoms with Crippen LogP contribution >= 0.6 is 0 Å². The van der Waals surface area contributed by atoms with Gasteiger partial charge in [0.25, 0.3) is 0 Å². The van der Waals surface area contributed by atoms with Crippen LogP contribution in [0.4, 0.5) is 10.1 Å². The van der Waals surface area contributed by atoms with Crippen molar-refractivity contribution in [2.75, 3.05) is 11.4 Å². The third-order valence-electron chi connectivity index (χ3n) is 5.24. The van der Waals surface area contributed by atoms with Gasteiger partial charge < -0.3 is 0 Å². The fourth-order valence-electron chi connectivity index (χ4n) is 3.93. The highest BCUT2D eigenvalue weighted by Gasteiger charge is 2.32. The summed E-state index contributed by atoms with van der Waals surface area (Å²) >= 11 is 0. The Morgan fingerprint density at radius 2 is 1.65 bits per heavy atom. The topological polar surface area (TPSA) is 66.8 Å². The summed E-state index contributed by atoms with van der Waals surface area (Å²) in [5.41, 5.74) is 3.59. The van der Waals surface area contributed by atoms with Crippen molar-refractivity contribution in [2.24, 2.45) is 4.99 Å². The highest BCUT2D eigenvalue weighted by molar-refractivity contribution is 6.20. The first kappa shape index (κ1) is 16.8. The van der Waals surface area contributed by atoms with Gasteiger partial charge in [-0.15, -0.1) is 0 Å². The molecule has 1 aliphatic carbocycles. The van der Waals surface area contributed by atoms with Crippen LogP contribution in [-0.4, -0.2) is 29.9 Å². The molecule has 1 aromatic rings. The molecule has 134 valence electrons. The van der Waals surface area contributed by atoms with Crippen molar-refractivity contribution in [3.05, 3.63) is 40.7 Å². The highest BCUT2D eigenvalue weighted by atomic mass is 19.1. The van der Waals surface area contributed by atoms with Gasteiger partial charge in [0, 0.05) is 30.5 Å². The third-order valence-corrected chi connectivity index (χ3v) is 5.24. The summed E-state index contributed by atoms with van der Waals surface area (Å²) in [4.78, 5) is 41.3. The zero-order chi connectivity index (χ0) is 18.3. The first-order valence-electron chi connectivity index (χ1n) is 8.97. The molecule has 1 fully saturated rings. The van der Waals surface area contributed by atoms with Crippen molar-refractivity contribution < 1.29 is 18.8 Å². The summed E-state index contributed by atoms with van der Waals surface area (Å²) in [7, 11) is 0. The van der Waals surface area contributed by atoms with Gasteiger partial charge in [0.05, 0.1) is 5.69 Å². The average molecular weight is 354 g/mol. The lowest BCUT2D eigenvalue weighted by atomic mass is 9.83. The number of dihydropyridines is 1. The Morgan fingerprint density at radius 3 is 2.38 bits per heavy atom. The molecule has 0 spiro atoms. The summed E-state index contributed by atoms with van der Waals surface area (Å²) in [5.74, 6) is -1.22. The van der Waals surface area contributed by atoms with E-state index in [0.29, 0.717) is 6.42 Å². The lowest BCUT2D eigenvalue weighted by molar-refractivity contribution is -0.121. The van der Waals surface area contributed by atoms with Gasteiger partial charge in [-0.05, 0) is 49.0 Å². The van der Waals surface area contributed by atoms with Crippen molar-refractivity contribution in [3.63, 3.8) is 0 Å². The molecule has 5 nitrogen and oxygen atoms in total. The van der Waals surface area contributed by atoms with E-state index in [1.165, 1.54) is 6.07 Å². The van der Waals surface area contributed by atoms with Gasteiger partial charge in [0.1, 0.15) is 12.4 Å². The normalized spacial score (nSPS) is 20.6. The van der Waals surface area contributed by atoms with Crippen LogP contribution in [0.5, 0.6) is 0 Å². The molecule has 6 heteroatoms. The van der Waals surface area contributed by atoms with Crippen LogP contribution in [0.25, 0.3) is 0 Å². The minimum Gasteiger partial charge on any atom is -0.292 e. The van der Waals surface area contributed by atoms with Crippen molar-refractivity contribution >= 4 is 29.0 Å². The van der Waals surface area contributed by atoms with Gasteiger partial charge in [0.15, 0.2) is 5.78 Å². The SMILES string of the molecule is O=C1CN=C(Cc2ccc(F)c(N3C(=O)CCC3=O)c2)C2=C1CCCC2. The monoisotopic (exact) mass is 354 g/mol. The number of imide groups is 1. The minimum atomic E-state index is -0.587. The maximum atomic E-state index is 14.2. The van der Waals surface area contributed by atoms with Crippen LogP contribution in [0.15, 0.2) is 34.3 Å². The molecular weight excluding hydrogens is 335 g/mol. The maximum absolute atomic E-state index is 14.2. The van der Waals surface area contributed by atoms with Crippen LogP contribution < -0.4 is 4.90 Å². The number of allylic oxidation sites excluding steroid dienone is 1. The second-order valence-electron chi connectivity index (χ2n) is 6.94. The van der Waals surface area contributed by atoms with Gasteiger partial charge >= 0.3 is 0 Å². The van der Waals surface area contributed by atoms with E-state index in [1.807, 2.05) is 0 Å². The predicted molar refractivity (Wildman–Crippen MR) is 94.6 cm³/mol. The van der Waals surface area contributed by atoms with Crippen LogP contribution in [0.1, 0.15) is 44.1 Å². The smallest absolute Gasteiger partial charge is 0.234 e. The van der Waals surface area contributed by atoms with E-state index in [4.69, 9.17) is 0 Å². The van der Waals surface area contributed by atoms with Crippen molar-refractivity contribution in [1.29, 1.82) is 0 Å². The number of benzene rings is 1. The number of halogens is 1. The number of ketones is 1. The lowest BCUT2D eigenvalue weighted by Gasteiger charge is -2.24. The lowest BCUT2D eigenvalue weighted by Crippen LogP contribution is -2.29. The van der Waals surface area contributed by atoms with E-state index in [0.717, 1.165) is 53.0 Å². The number of carbonyl (C=O) groups excluding carboxylic acids is 3. The second-order valence-corrected chi connectivity index (χ2v) is 6.94. The van der Waals surface area contributed by atoms with E-state index in [2.05, 4.69) is 4.99 Å². The number of amides is 2. The number of carbonyl (C=O) groups is 3. The number of Topliss-reactive ketones (excluding diaryl/α,β-unsaturated/α-hetero) is 1. The minimum absolute atomic E-state index is 0.0142. The molecule has 0 radical (unpaired) electrons. The second kappa shape index (κ2) is 6.59. The molecule has 3 aliphatic rings. The summed E-state index contributed by atoms with van der Waals surface area (Å²) in [6.07, 6.45) is 4.42. The number of hydrogen-bond acceptors (Lipinski definition) is 4. The third kappa shape index (κ3) is 2.89. The van der Waals surface area contributed by atoms with E-state index in [-0.39, 0.29) is 42.7 Å². The quantitative estimate of drug-likeness (QED) is 0.784. The Hall–Kier alpha value is -2.63. The maximum Gasteiger partial charge on any atom is 0.234 e. The number of nitrogens with zero attached hydrogens (tertiary/aromatic N) is 2. The molecule has 1 aromatic carbocycles. The van der Waals surface area contributed by atoms with Crippen LogP contribution in [0.3, 0.4) is 0 Å². The van der Waals surface area contributed by atoms with Crippen LogP contribution in [-0.2, 0) is 20.8 Å². The highest BCUT2D eigenvalue weighted by Crippen LogP contribution is 2.31. The molecular formula is C20H19FN2O3. The molecule has 0 aromatic heterocycles. The Bertz CT molecular complexity index is 869. The Labute approximate surface area is 150 Å². The standard InChI is InChI=1S/C20H19FN2O3/c21-15-6-5-12(10-17(15)23-19(25)7-8-20(23)26)9-16-13-3-1-2-4-14(13)18(24)11-22-16/h5-6,10H,1-4,7-9,11H2. The predicted octanol–water partition coefficient (Wildman–Crippen LogP) is 2.92. The van der Waals surface area contributed by atoms with E-state index >= 15 is 0 Å². The molecule has 4 rings (SSSR count). The molecule has 1 saturated heterocycles. The molecule has 0 bridgehead atoms. The molecule has 26 heavy (non-hydrogen) atoms. The summed E-state index contributed by atoms with van der Waals surface area (Å²) in [6.45, 7) is 0.172. The van der Waals surface area contributed by atoms with Crippen molar-refractivity contribution in [3.8, 4) is 0 Å². The van der Waals surface area contributed by atoms with E-state index in [1.54, 1.807) is 12.1 Å². The van der Waals surface area contributed by atoms with Gasteiger partial charge in [-0.25, -0.2) is 9.29 Å². The number of hydrogen-bond donors (Lipinski definition) is 0. The average Bonchev–Trinajstić information content (AvgIpc) is 2.98. The first-order valence-corrected chi connectivity index (χ1v) is 8.97. The fourth-order valence-corrected chi connectivity index (χ4v) is 3.93. The first-order chi connectivity index (χ1) is 12.5. The summed E-state index contributed by atoms with van der Waals surface area (Å²) in [6, 6.07) is 4.48. The molecule has 0 N–H and O–H groups in total. The van der Waals surface area contributed by atoms with Gasteiger partial charge in [-0.2, -0.15) is 0 Å². The summed E-state index contributed by atoms with van der Waals surface area (Å²) < 4.78 is 14.2. The van der Waals surface area contributed by atoms with Crippen molar-refractivity contribution in [1.82, 2.24) is 0 Å². The molecule has 2 amide bonds. The fraction of sp³-hybridized carbons (Fsp3) is 0.400. The molecule has 2 aliphatic heterocycles. The number of rotatable bonds is 3. The van der Waals surface area contributed by atoms with E-state index in [9.17, 15) is 18.8 Å². The summed E-state index contributed by atoms with van der Waals surface area (Å²) in [5, 5.41) is 0.